The largest absolute Gasteiger partial charge is 0.368 e. The van der Waals surface area contributed by atoms with Gasteiger partial charge in [0.25, 0.3) is 0 Å². The lowest BCUT2D eigenvalue weighted by Gasteiger charge is -2.20. The van der Waals surface area contributed by atoms with Gasteiger partial charge in [0.15, 0.2) is 5.78 Å². The molecule has 2 rings (SSSR count). The molecule has 63 valence electrons. The third kappa shape index (κ3) is 1.29. The summed E-state index contributed by atoms with van der Waals surface area (Å²) in [4.78, 5) is 13.5. The van der Waals surface area contributed by atoms with E-state index in [0.29, 0.717) is 6.42 Å². The van der Waals surface area contributed by atoms with Crippen molar-refractivity contribution >= 4 is 5.78 Å². The molecule has 0 saturated carbocycles. The third-order valence-corrected chi connectivity index (χ3v) is 2.33. The molecule has 0 N–H and O–H groups in total. The number of carbonyl (C=O) groups is 1. The molecule has 1 aliphatic carbocycles. The normalized spacial score (nSPS) is 23.2. The standard InChI is InChI=1S/C10H12NO/c12-10-6-2-1-5-9(10)11-7-3-4-8-11/h1-2H,3-4,6-8H2. The number of ketones is 1. The second kappa shape index (κ2) is 3.13. The molecular formula is C10H12NO. The van der Waals surface area contributed by atoms with Crippen molar-refractivity contribution in [3.8, 4) is 0 Å². The lowest BCUT2D eigenvalue weighted by atomic mass is 10.1. The van der Waals surface area contributed by atoms with E-state index in [1.807, 2.05) is 12.2 Å². The average Bonchev–Trinajstić information content (AvgIpc) is 2.57. The van der Waals surface area contributed by atoms with Gasteiger partial charge in [0, 0.05) is 25.6 Å². The Hall–Kier alpha value is -1.05. The zero-order valence-electron chi connectivity index (χ0n) is 7.05. The average molecular weight is 162 g/mol. The van der Waals surface area contributed by atoms with Crippen molar-refractivity contribution < 1.29 is 4.79 Å². The second-order valence-electron chi connectivity index (χ2n) is 3.22. The highest BCUT2D eigenvalue weighted by molar-refractivity contribution is 5.96. The number of allylic oxidation sites excluding steroid dienone is 4. The topological polar surface area (TPSA) is 20.3 Å². The van der Waals surface area contributed by atoms with Gasteiger partial charge >= 0.3 is 0 Å². The first-order chi connectivity index (χ1) is 5.88. The number of rotatable bonds is 1. The number of hydrogen-bond donors (Lipinski definition) is 0. The summed E-state index contributed by atoms with van der Waals surface area (Å²) in [5.74, 6) is 0.222. The molecule has 1 heterocycles. The zero-order valence-corrected chi connectivity index (χ0v) is 7.05. The van der Waals surface area contributed by atoms with E-state index in [2.05, 4.69) is 11.0 Å². The molecule has 2 heteroatoms. The number of carbonyl (C=O) groups excluding carboxylic acids is 1. The molecule has 0 bridgehead atoms. The fraction of sp³-hybridized carbons (Fsp3) is 0.500. The summed E-state index contributed by atoms with van der Waals surface area (Å²) in [6.07, 6.45) is 9.72. The number of Topliss-reactive ketones (excluding diaryl/α,β-unsaturated/α-hetero) is 1. The van der Waals surface area contributed by atoms with Gasteiger partial charge < -0.3 is 4.90 Å². The molecule has 0 atom stereocenters. The summed E-state index contributed by atoms with van der Waals surface area (Å²) >= 11 is 0. The molecule has 1 aliphatic heterocycles. The van der Waals surface area contributed by atoms with Gasteiger partial charge in [-0.3, -0.25) is 4.79 Å². The van der Waals surface area contributed by atoms with Crippen LogP contribution in [-0.2, 0) is 4.79 Å². The Kier molecular flexibility index (Phi) is 1.98. The van der Waals surface area contributed by atoms with Crippen LogP contribution in [0.3, 0.4) is 0 Å². The van der Waals surface area contributed by atoms with Gasteiger partial charge in [-0.2, -0.15) is 0 Å². The highest BCUT2D eigenvalue weighted by Crippen LogP contribution is 2.18. The molecule has 1 saturated heterocycles. The van der Waals surface area contributed by atoms with Crippen LogP contribution in [0.4, 0.5) is 0 Å². The Bertz CT molecular complexity index is 247. The maximum Gasteiger partial charge on any atom is 0.183 e. The van der Waals surface area contributed by atoms with Crippen LogP contribution in [0.5, 0.6) is 0 Å². The van der Waals surface area contributed by atoms with Gasteiger partial charge in [-0.15, -0.1) is 0 Å². The molecule has 12 heavy (non-hydrogen) atoms. The molecule has 0 aromatic heterocycles. The van der Waals surface area contributed by atoms with Gasteiger partial charge in [0.2, 0.25) is 0 Å². The van der Waals surface area contributed by atoms with Crippen LogP contribution in [0.1, 0.15) is 19.3 Å². The van der Waals surface area contributed by atoms with Gasteiger partial charge in [-0.25, -0.2) is 0 Å². The lowest BCUT2D eigenvalue weighted by Crippen LogP contribution is -2.25. The van der Waals surface area contributed by atoms with Crippen LogP contribution in [0.2, 0.25) is 0 Å². The summed E-state index contributed by atoms with van der Waals surface area (Å²) < 4.78 is 0. The van der Waals surface area contributed by atoms with E-state index in [1.54, 1.807) is 0 Å². The molecule has 0 aromatic rings. The smallest absolute Gasteiger partial charge is 0.183 e. The van der Waals surface area contributed by atoms with Crippen LogP contribution in [0, 0.1) is 6.08 Å². The minimum atomic E-state index is 0.222. The summed E-state index contributed by atoms with van der Waals surface area (Å²) in [7, 11) is 0. The number of likely N-dealkylation sites (tertiary alicyclic amines) is 1. The molecule has 2 nitrogen and oxygen atoms in total. The maximum absolute atomic E-state index is 11.4. The predicted octanol–water partition coefficient (Wildman–Crippen LogP) is 1.30. The minimum absolute atomic E-state index is 0.222. The zero-order chi connectivity index (χ0) is 8.39. The van der Waals surface area contributed by atoms with E-state index in [4.69, 9.17) is 0 Å². The monoisotopic (exact) mass is 162 g/mol. The van der Waals surface area contributed by atoms with Crippen molar-refractivity contribution in [2.75, 3.05) is 13.1 Å². The van der Waals surface area contributed by atoms with Gasteiger partial charge in [-0.05, 0) is 12.8 Å². The van der Waals surface area contributed by atoms with E-state index in [0.717, 1.165) is 18.8 Å². The van der Waals surface area contributed by atoms with Crippen LogP contribution < -0.4 is 0 Å². The SMILES string of the molecule is O=C1CC=C[C]=C1N1CCCC1. The van der Waals surface area contributed by atoms with E-state index < -0.39 is 0 Å². The Morgan fingerprint density at radius 1 is 1.33 bits per heavy atom. The third-order valence-electron chi connectivity index (χ3n) is 2.33. The molecular weight excluding hydrogens is 150 g/mol. The Morgan fingerprint density at radius 3 is 2.75 bits per heavy atom. The molecule has 0 spiro atoms. The maximum atomic E-state index is 11.4. The van der Waals surface area contributed by atoms with Gasteiger partial charge in [-0.1, -0.05) is 12.2 Å². The summed E-state index contributed by atoms with van der Waals surface area (Å²) in [5.41, 5.74) is 0.801. The van der Waals surface area contributed by atoms with Crippen LogP contribution in [-0.4, -0.2) is 23.8 Å². The fourth-order valence-electron chi connectivity index (χ4n) is 1.69. The van der Waals surface area contributed by atoms with Crippen molar-refractivity contribution in [2.45, 2.75) is 19.3 Å². The minimum Gasteiger partial charge on any atom is -0.368 e. The van der Waals surface area contributed by atoms with Crippen molar-refractivity contribution in [3.05, 3.63) is 23.9 Å². The van der Waals surface area contributed by atoms with Crippen molar-refractivity contribution in [2.24, 2.45) is 0 Å². The van der Waals surface area contributed by atoms with Crippen molar-refractivity contribution in [3.63, 3.8) is 0 Å². The number of nitrogens with zero attached hydrogens (tertiary/aromatic N) is 1. The molecule has 1 fully saturated rings. The van der Waals surface area contributed by atoms with Crippen molar-refractivity contribution in [1.82, 2.24) is 4.90 Å². The fourth-order valence-corrected chi connectivity index (χ4v) is 1.69. The molecule has 0 aromatic carbocycles. The van der Waals surface area contributed by atoms with E-state index in [1.165, 1.54) is 12.8 Å². The van der Waals surface area contributed by atoms with Crippen LogP contribution in [0.15, 0.2) is 17.8 Å². The first kappa shape index (κ1) is 7.59. The van der Waals surface area contributed by atoms with Crippen molar-refractivity contribution in [1.29, 1.82) is 0 Å². The summed E-state index contributed by atoms with van der Waals surface area (Å²) in [6, 6.07) is 0. The lowest BCUT2D eigenvalue weighted by molar-refractivity contribution is -0.116. The highest BCUT2D eigenvalue weighted by atomic mass is 16.1. The Balaban J connectivity index is 2.14. The van der Waals surface area contributed by atoms with E-state index in [9.17, 15) is 4.79 Å². The summed E-state index contributed by atoms with van der Waals surface area (Å²) in [6.45, 7) is 2.06. The first-order valence-electron chi connectivity index (χ1n) is 4.44. The summed E-state index contributed by atoms with van der Waals surface area (Å²) in [5, 5.41) is 0. The van der Waals surface area contributed by atoms with E-state index in [-0.39, 0.29) is 5.78 Å². The quantitative estimate of drug-likeness (QED) is 0.579. The number of hydrogen-bond acceptors (Lipinski definition) is 2. The van der Waals surface area contributed by atoms with Gasteiger partial charge in [0.1, 0.15) is 0 Å². The van der Waals surface area contributed by atoms with Crippen LogP contribution >= 0.6 is 0 Å². The van der Waals surface area contributed by atoms with Crippen LogP contribution in [0.25, 0.3) is 0 Å². The van der Waals surface area contributed by atoms with Gasteiger partial charge in [0.05, 0.1) is 5.70 Å². The first-order valence-corrected chi connectivity index (χ1v) is 4.44. The molecule has 0 amide bonds. The predicted molar refractivity (Wildman–Crippen MR) is 46.3 cm³/mol. The Morgan fingerprint density at radius 2 is 2.08 bits per heavy atom. The molecule has 2 aliphatic rings. The second-order valence-corrected chi connectivity index (χ2v) is 3.22. The van der Waals surface area contributed by atoms with E-state index >= 15 is 0 Å². The highest BCUT2D eigenvalue weighted by Gasteiger charge is 2.20. The molecule has 1 radical (unpaired) electrons. The molecule has 0 unspecified atom stereocenters. The Labute approximate surface area is 72.6 Å².